The number of anilines is 2. The molecule has 12 nitrogen and oxygen atoms in total. The lowest BCUT2D eigenvalue weighted by Crippen LogP contribution is -2.49. The van der Waals surface area contributed by atoms with E-state index < -0.39 is 59.6 Å². The molecule has 3 N–H and O–H groups in total. The minimum absolute atomic E-state index is 0.0793. The van der Waals surface area contributed by atoms with Gasteiger partial charge in [0.1, 0.15) is 23.9 Å². The number of hydrogen-bond acceptors (Lipinski definition) is 7. The molecule has 278 valence electrons. The summed E-state index contributed by atoms with van der Waals surface area (Å²) in [5.74, 6) is -6.84. The van der Waals surface area contributed by atoms with Crippen LogP contribution in [-0.2, 0) is 30.5 Å². The van der Waals surface area contributed by atoms with Gasteiger partial charge in [-0.15, -0.1) is 0 Å². The molecule has 0 radical (unpaired) electrons. The number of likely N-dealkylation sites (tertiary alicyclic amines) is 1. The quantitative estimate of drug-likeness (QED) is 0.133. The maximum absolute atomic E-state index is 13.9. The lowest BCUT2D eigenvalue weighted by Gasteiger charge is -2.20. The van der Waals surface area contributed by atoms with E-state index in [9.17, 15) is 28.8 Å². The summed E-state index contributed by atoms with van der Waals surface area (Å²) in [7, 11) is 0. The molecule has 54 heavy (non-hydrogen) atoms. The first-order valence-corrected chi connectivity index (χ1v) is 18.0. The highest BCUT2D eigenvalue weighted by Crippen LogP contribution is 2.30. The minimum Gasteiger partial charge on any atom is -0.392 e. The third-order valence-electron chi connectivity index (χ3n) is 9.01. The summed E-state index contributed by atoms with van der Waals surface area (Å²) >= 11 is 24.2. The van der Waals surface area contributed by atoms with Gasteiger partial charge in [0, 0.05) is 36.6 Å². The van der Waals surface area contributed by atoms with E-state index in [4.69, 9.17) is 51.1 Å². The molecule has 4 unspecified atom stereocenters. The normalized spacial score (nSPS) is 19.4. The maximum atomic E-state index is 13.9. The molecule has 2 aliphatic heterocycles. The summed E-state index contributed by atoms with van der Waals surface area (Å²) < 4.78 is 5.40. The summed E-state index contributed by atoms with van der Waals surface area (Å²) in [6.45, 7) is 1.54. The highest BCUT2D eigenvalue weighted by Gasteiger charge is 2.50. The first-order chi connectivity index (χ1) is 25.8. The van der Waals surface area contributed by atoms with E-state index in [-0.39, 0.29) is 51.0 Å². The number of carbonyl (C=O) groups is 6. The average Bonchev–Trinajstić information content (AvgIpc) is 3.63. The number of urea groups is 1. The van der Waals surface area contributed by atoms with Gasteiger partial charge < -0.3 is 30.5 Å². The molecular formula is C38H31Cl4N5O7. The molecule has 4 aromatic carbocycles. The number of halogens is 4. The van der Waals surface area contributed by atoms with Crippen molar-refractivity contribution >= 4 is 93.5 Å². The summed E-state index contributed by atoms with van der Waals surface area (Å²) in [5.41, 5.74) is 2.48. The fraction of sp³-hybridized carbons (Fsp3) is 0.211. The Morgan fingerprint density at radius 1 is 0.704 bits per heavy atom. The van der Waals surface area contributed by atoms with Gasteiger partial charge in [0.05, 0.1) is 20.1 Å². The third kappa shape index (κ3) is 8.63. The Kier molecular flexibility index (Phi) is 11.8. The Morgan fingerprint density at radius 3 is 1.96 bits per heavy atom. The molecule has 2 aliphatic rings. The molecule has 0 bridgehead atoms. The molecule has 2 heterocycles. The van der Waals surface area contributed by atoms with Crippen molar-refractivity contribution in [3.05, 3.63) is 128 Å². The summed E-state index contributed by atoms with van der Waals surface area (Å²) in [6.07, 6.45) is 0. The van der Waals surface area contributed by atoms with Crippen molar-refractivity contribution in [2.75, 3.05) is 23.3 Å². The lowest BCUT2D eigenvalue weighted by atomic mass is 10.0. The molecule has 2 saturated heterocycles. The molecule has 16 heteroatoms. The largest absolute Gasteiger partial charge is 0.392 e. The number of hydrogen-bond donors (Lipinski definition) is 3. The Labute approximate surface area is 329 Å². The zero-order valence-corrected chi connectivity index (χ0v) is 31.4. The zero-order chi connectivity index (χ0) is 38.7. The van der Waals surface area contributed by atoms with Crippen LogP contribution in [0.2, 0.25) is 20.1 Å². The van der Waals surface area contributed by atoms with Crippen LogP contribution in [0.1, 0.15) is 21.5 Å². The van der Waals surface area contributed by atoms with E-state index in [1.807, 2.05) is 13.0 Å². The van der Waals surface area contributed by atoms with Gasteiger partial charge in [-0.2, -0.15) is 0 Å². The van der Waals surface area contributed by atoms with Gasteiger partial charge in [-0.05, 0) is 61.0 Å². The first kappa shape index (κ1) is 38.6. The molecule has 5 amide bonds. The van der Waals surface area contributed by atoms with Crippen LogP contribution in [0.15, 0.2) is 91.0 Å². The number of amides is 5. The highest BCUT2D eigenvalue weighted by atomic mass is 35.5. The number of esters is 2. The molecule has 0 saturated carbocycles. The zero-order valence-electron chi connectivity index (χ0n) is 28.4. The number of carbonyl (C=O) groups excluding carboxylic acids is 6. The monoisotopic (exact) mass is 809 g/mol. The number of aryl methyl sites for hydroxylation is 1. The molecule has 0 spiro atoms. The van der Waals surface area contributed by atoms with Gasteiger partial charge in [0.15, 0.2) is 0 Å². The predicted octanol–water partition coefficient (Wildman–Crippen LogP) is 6.29. The minimum atomic E-state index is -1.46. The van der Waals surface area contributed by atoms with Gasteiger partial charge in [-0.25, -0.2) is 4.79 Å². The summed E-state index contributed by atoms with van der Waals surface area (Å²) in [5, 5.41) is 8.44. The molecule has 4 aromatic rings. The van der Waals surface area contributed by atoms with Crippen LogP contribution in [0.25, 0.3) is 0 Å². The first-order valence-electron chi connectivity index (χ1n) is 16.5. The second-order valence-electron chi connectivity index (χ2n) is 12.7. The second kappa shape index (κ2) is 16.5. The van der Waals surface area contributed by atoms with E-state index in [1.54, 1.807) is 48.5 Å². The smallest absolute Gasteiger partial charge is 0.321 e. The van der Waals surface area contributed by atoms with E-state index >= 15 is 0 Å². The average molecular weight is 812 g/mol. The van der Waals surface area contributed by atoms with Gasteiger partial charge in [0.25, 0.3) is 11.8 Å². The fourth-order valence-corrected chi connectivity index (χ4v) is 6.77. The van der Waals surface area contributed by atoms with Crippen LogP contribution in [0, 0.1) is 18.8 Å². The van der Waals surface area contributed by atoms with Crippen molar-refractivity contribution in [3.8, 4) is 0 Å². The Balaban J connectivity index is 1.23. The number of nitrogens with one attached hydrogen (secondary N) is 3. The van der Waals surface area contributed by atoms with Crippen LogP contribution in [0.4, 0.5) is 16.2 Å². The Morgan fingerprint density at radius 2 is 1.31 bits per heavy atom. The van der Waals surface area contributed by atoms with Gasteiger partial charge in [-0.3, -0.25) is 24.0 Å². The van der Waals surface area contributed by atoms with Crippen molar-refractivity contribution in [1.29, 1.82) is 0 Å². The Hall–Kier alpha value is -5.14. The van der Waals surface area contributed by atoms with E-state index in [2.05, 4.69) is 16.0 Å². The van der Waals surface area contributed by atoms with Crippen LogP contribution in [-0.4, -0.2) is 65.8 Å². The molecule has 2 fully saturated rings. The SMILES string of the molecule is Cc1ccc(N2CC(C(=O)OC(=O)C3CN(Cc4ccccc4)C(=O)C3NC(=O)c3ccc(Cl)c(Cl)c3)C(NC(=O)Nc3ccc(Cl)c(Cl)c3)C2=O)cc1. The van der Waals surface area contributed by atoms with Gasteiger partial charge in [-0.1, -0.05) is 94.4 Å². The molecule has 0 aromatic heterocycles. The standard InChI is InChI=1S/C38H31Cl4N5O7/c1-20-7-11-24(12-8-20)47-19-26(32(35(47)50)45-38(53)43-23-10-14-28(40)30(42)16-23)37(52)54-36(51)25-18-46(17-21-5-3-2-4-6-21)34(49)31(25)44-33(48)22-9-13-27(39)29(41)15-22/h2-16,25-26,31-32H,17-19H2,1H3,(H,44,48)(H2,43,45,53). The molecule has 4 atom stereocenters. The third-order valence-corrected chi connectivity index (χ3v) is 10.5. The van der Waals surface area contributed by atoms with Crippen LogP contribution >= 0.6 is 46.4 Å². The van der Waals surface area contributed by atoms with Gasteiger partial charge >= 0.3 is 18.0 Å². The molecule has 0 aliphatic carbocycles. The molecule has 6 rings (SSSR count). The maximum Gasteiger partial charge on any atom is 0.321 e. The van der Waals surface area contributed by atoms with Gasteiger partial charge in [0.2, 0.25) is 5.91 Å². The van der Waals surface area contributed by atoms with Crippen molar-refractivity contribution < 1.29 is 33.5 Å². The second-order valence-corrected chi connectivity index (χ2v) is 14.4. The number of rotatable bonds is 9. The number of ether oxygens (including phenoxy) is 1. The van der Waals surface area contributed by atoms with E-state index in [1.165, 1.54) is 46.2 Å². The van der Waals surface area contributed by atoms with Crippen molar-refractivity contribution in [2.24, 2.45) is 11.8 Å². The van der Waals surface area contributed by atoms with E-state index in [0.717, 1.165) is 11.1 Å². The van der Waals surface area contributed by atoms with E-state index in [0.29, 0.717) is 5.69 Å². The fourth-order valence-electron chi connectivity index (χ4n) is 6.18. The topological polar surface area (TPSA) is 154 Å². The van der Waals surface area contributed by atoms with Crippen molar-refractivity contribution in [2.45, 2.75) is 25.6 Å². The van der Waals surface area contributed by atoms with Crippen molar-refractivity contribution in [1.82, 2.24) is 15.5 Å². The van der Waals surface area contributed by atoms with Crippen molar-refractivity contribution in [3.63, 3.8) is 0 Å². The molecular weight excluding hydrogens is 780 g/mol. The van der Waals surface area contributed by atoms with Crippen LogP contribution in [0.5, 0.6) is 0 Å². The summed E-state index contributed by atoms with van der Waals surface area (Å²) in [6, 6.07) is 20.7. The predicted molar refractivity (Wildman–Crippen MR) is 204 cm³/mol. The lowest BCUT2D eigenvalue weighted by molar-refractivity contribution is -0.166. The Bertz CT molecular complexity index is 2140. The summed E-state index contributed by atoms with van der Waals surface area (Å²) in [4.78, 5) is 84.3. The number of nitrogens with zero attached hydrogens (tertiary/aromatic N) is 2. The number of benzene rings is 4. The van der Waals surface area contributed by atoms with Crippen LogP contribution in [0.3, 0.4) is 0 Å². The van der Waals surface area contributed by atoms with Crippen LogP contribution < -0.4 is 20.9 Å². The highest BCUT2D eigenvalue weighted by molar-refractivity contribution is 6.42.